The number of benzene rings is 1. The van der Waals surface area contributed by atoms with Crippen molar-refractivity contribution >= 4 is 5.91 Å². The van der Waals surface area contributed by atoms with E-state index in [4.69, 9.17) is 0 Å². The van der Waals surface area contributed by atoms with E-state index < -0.39 is 23.3 Å². The molecule has 1 unspecified atom stereocenters. The smallest absolute Gasteiger partial charge is 0.223 e. The first-order chi connectivity index (χ1) is 9.93. The molecular formula is C16H21F2NO2. The van der Waals surface area contributed by atoms with E-state index in [9.17, 15) is 18.7 Å². The monoisotopic (exact) mass is 297 g/mol. The summed E-state index contributed by atoms with van der Waals surface area (Å²) in [4.78, 5) is 12.1. The number of hydrogen-bond donors (Lipinski definition) is 2. The van der Waals surface area contributed by atoms with Gasteiger partial charge >= 0.3 is 0 Å². The van der Waals surface area contributed by atoms with Crippen molar-refractivity contribution in [2.24, 2.45) is 0 Å². The molecule has 1 fully saturated rings. The van der Waals surface area contributed by atoms with Crippen LogP contribution in [0.25, 0.3) is 0 Å². The molecule has 21 heavy (non-hydrogen) atoms. The van der Waals surface area contributed by atoms with Gasteiger partial charge in [-0.3, -0.25) is 4.79 Å². The number of hydrogen-bond acceptors (Lipinski definition) is 2. The van der Waals surface area contributed by atoms with Crippen molar-refractivity contribution in [1.82, 2.24) is 5.32 Å². The Balaban J connectivity index is 2.03. The summed E-state index contributed by atoms with van der Waals surface area (Å²) in [7, 11) is 0. The quantitative estimate of drug-likeness (QED) is 0.876. The molecule has 0 spiro atoms. The van der Waals surface area contributed by atoms with Gasteiger partial charge in [0.15, 0.2) is 0 Å². The number of carbonyl (C=O) groups is 1. The molecule has 0 saturated heterocycles. The fraction of sp³-hybridized carbons (Fsp3) is 0.562. The van der Waals surface area contributed by atoms with E-state index in [0.717, 1.165) is 18.9 Å². The molecule has 1 saturated carbocycles. The molecule has 1 aromatic carbocycles. The Bertz CT molecular complexity index is 513. The SMILES string of the molecule is CCC(NC(=O)CC1(O)CCCC1)c1ccc(F)cc1F. The fourth-order valence-electron chi connectivity index (χ4n) is 2.94. The molecule has 1 aliphatic rings. The maximum atomic E-state index is 13.8. The zero-order valence-electron chi connectivity index (χ0n) is 12.2. The molecule has 1 aromatic rings. The van der Waals surface area contributed by atoms with Crippen LogP contribution in [0.15, 0.2) is 18.2 Å². The van der Waals surface area contributed by atoms with E-state index in [-0.39, 0.29) is 17.9 Å². The third kappa shape index (κ3) is 4.00. The summed E-state index contributed by atoms with van der Waals surface area (Å²) < 4.78 is 26.7. The topological polar surface area (TPSA) is 49.3 Å². The van der Waals surface area contributed by atoms with E-state index in [1.54, 1.807) is 0 Å². The molecule has 1 aliphatic carbocycles. The van der Waals surface area contributed by atoms with E-state index in [2.05, 4.69) is 5.32 Å². The molecule has 0 bridgehead atoms. The van der Waals surface area contributed by atoms with Gasteiger partial charge < -0.3 is 10.4 Å². The minimum Gasteiger partial charge on any atom is -0.389 e. The summed E-state index contributed by atoms with van der Waals surface area (Å²) >= 11 is 0. The highest BCUT2D eigenvalue weighted by atomic mass is 19.1. The number of aliphatic hydroxyl groups is 1. The second kappa shape index (κ2) is 6.52. The molecule has 0 aliphatic heterocycles. The Kier molecular flexibility index (Phi) is 4.93. The molecule has 116 valence electrons. The summed E-state index contributed by atoms with van der Waals surface area (Å²) in [6.07, 6.45) is 3.63. The van der Waals surface area contributed by atoms with Crippen LogP contribution in [0.4, 0.5) is 8.78 Å². The average molecular weight is 297 g/mol. The predicted molar refractivity (Wildman–Crippen MR) is 75.6 cm³/mol. The third-order valence-corrected chi connectivity index (χ3v) is 4.11. The molecule has 3 nitrogen and oxygen atoms in total. The maximum Gasteiger partial charge on any atom is 0.223 e. The zero-order valence-corrected chi connectivity index (χ0v) is 12.2. The van der Waals surface area contributed by atoms with Crippen molar-refractivity contribution in [3.8, 4) is 0 Å². The van der Waals surface area contributed by atoms with Gasteiger partial charge in [-0.05, 0) is 25.3 Å². The standard InChI is InChI=1S/C16H21F2NO2/c1-2-14(12-6-5-11(17)9-13(12)18)19-15(20)10-16(21)7-3-4-8-16/h5-6,9,14,21H,2-4,7-8,10H2,1H3,(H,19,20). The van der Waals surface area contributed by atoms with Crippen LogP contribution in [0.1, 0.15) is 57.1 Å². The predicted octanol–water partition coefficient (Wildman–Crippen LogP) is 3.23. The minimum absolute atomic E-state index is 0.0340. The van der Waals surface area contributed by atoms with Crippen LogP contribution in [0.2, 0.25) is 0 Å². The zero-order chi connectivity index (χ0) is 15.5. The van der Waals surface area contributed by atoms with Crippen LogP contribution < -0.4 is 5.32 Å². The van der Waals surface area contributed by atoms with Crippen molar-refractivity contribution in [1.29, 1.82) is 0 Å². The van der Waals surface area contributed by atoms with E-state index >= 15 is 0 Å². The summed E-state index contributed by atoms with van der Waals surface area (Å²) in [5.41, 5.74) is -0.658. The number of amides is 1. The first kappa shape index (κ1) is 15.9. The molecule has 2 rings (SSSR count). The van der Waals surface area contributed by atoms with Crippen LogP contribution in [-0.4, -0.2) is 16.6 Å². The lowest BCUT2D eigenvalue weighted by atomic mass is 9.96. The van der Waals surface area contributed by atoms with Gasteiger partial charge in [-0.1, -0.05) is 25.8 Å². The summed E-state index contributed by atoms with van der Waals surface area (Å²) in [6.45, 7) is 1.82. The van der Waals surface area contributed by atoms with Crippen LogP contribution in [-0.2, 0) is 4.79 Å². The van der Waals surface area contributed by atoms with Crippen LogP contribution in [0.3, 0.4) is 0 Å². The van der Waals surface area contributed by atoms with Gasteiger partial charge in [-0.15, -0.1) is 0 Å². The minimum atomic E-state index is -0.927. The average Bonchev–Trinajstić information content (AvgIpc) is 2.83. The Morgan fingerprint density at radius 2 is 2.05 bits per heavy atom. The molecule has 1 atom stereocenters. The Morgan fingerprint density at radius 3 is 2.62 bits per heavy atom. The largest absolute Gasteiger partial charge is 0.389 e. The molecule has 0 radical (unpaired) electrons. The Labute approximate surface area is 123 Å². The number of carbonyl (C=O) groups excluding carboxylic acids is 1. The lowest BCUT2D eigenvalue weighted by Crippen LogP contribution is -2.36. The molecule has 2 N–H and O–H groups in total. The lowest BCUT2D eigenvalue weighted by molar-refractivity contribution is -0.126. The van der Waals surface area contributed by atoms with Gasteiger partial charge in [0.05, 0.1) is 18.1 Å². The highest BCUT2D eigenvalue weighted by Gasteiger charge is 2.34. The number of nitrogens with one attached hydrogen (secondary N) is 1. The molecular weight excluding hydrogens is 276 g/mol. The van der Waals surface area contributed by atoms with Crippen molar-refractivity contribution in [3.05, 3.63) is 35.4 Å². The summed E-state index contributed by atoms with van der Waals surface area (Å²) in [6, 6.07) is 2.83. The van der Waals surface area contributed by atoms with Gasteiger partial charge in [-0.25, -0.2) is 8.78 Å². The lowest BCUT2D eigenvalue weighted by Gasteiger charge is -2.24. The molecule has 0 heterocycles. The van der Waals surface area contributed by atoms with Gasteiger partial charge in [0.2, 0.25) is 5.91 Å². The van der Waals surface area contributed by atoms with Crippen molar-refractivity contribution in [3.63, 3.8) is 0 Å². The summed E-state index contributed by atoms with van der Waals surface area (Å²) in [5, 5.41) is 13.0. The van der Waals surface area contributed by atoms with Crippen molar-refractivity contribution < 1.29 is 18.7 Å². The van der Waals surface area contributed by atoms with Gasteiger partial charge in [0.25, 0.3) is 0 Å². The van der Waals surface area contributed by atoms with Crippen LogP contribution in [0, 0.1) is 11.6 Å². The highest BCUT2D eigenvalue weighted by Crippen LogP contribution is 2.32. The number of halogens is 2. The van der Waals surface area contributed by atoms with Crippen molar-refractivity contribution in [2.75, 3.05) is 0 Å². The number of rotatable bonds is 5. The first-order valence-electron chi connectivity index (χ1n) is 7.40. The molecule has 5 heteroatoms. The van der Waals surface area contributed by atoms with E-state index in [0.29, 0.717) is 19.3 Å². The second-order valence-electron chi connectivity index (χ2n) is 5.80. The maximum absolute atomic E-state index is 13.8. The molecule has 0 aromatic heterocycles. The molecule has 1 amide bonds. The van der Waals surface area contributed by atoms with E-state index in [1.807, 2.05) is 6.92 Å². The van der Waals surface area contributed by atoms with Gasteiger partial charge in [0, 0.05) is 11.6 Å². The summed E-state index contributed by atoms with van der Waals surface area (Å²) in [5.74, 6) is -1.60. The van der Waals surface area contributed by atoms with Crippen LogP contribution >= 0.6 is 0 Å². The Morgan fingerprint density at radius 1 is 1.38 bits per heavy atom. The Hall–Kier alpha value is -1.49. The van der Waals surface area contributed by atoms with Gasteiger partial charge in [0.1, 0.15) is 11.6 Å². The van der Waals surface area contributed by atoms with E-state index in [1.165, 1.54) is 12.1 Å². The van der Waals surface area contributed by atoms with Crippen LogP contribution in [0.5, 0.6) is 0 Å². The third-order valence-electron chi connectivity index (χ3n) is 4.11. The highest BCUT2D eigenvalue weighted by molar-refractivity contribution is 5.77. The first-order valence-corrected chi connectivity index (χ1v) is 7.40. The normalized spacial score (nSPS) is 18.5. The fourth-order valence-corrected chi connectivity index (χ4v) is 2.94. The van der Waals surface area contributed by atoms with Crippen molar-refractivity contribution in [2.45, 2.75) is 57.1 Å². The second-order valence-corrected chi connectivity index (χ2v) is 5.80. The van der Waals surface area contributed by atoms with Gasteiger partial charge in [-0.2, -0.15) is 0 Å².